The average molecular weight is 233 g/mol. The van der Waals surface area contributed by atoms with Gasteiger partial charge in [0, 0.05) is 19.0 Å². The van der Waals surface area contributed by atoms with Gasteiger partial charge in [0.1, 0.15) is 0 Å². The minimum Gasteiger partial charge on any atom is -0.389 e. The van der Waals surface area contributed by atoms with Crippen LogP contribution in [0.5, 0.6) is 0 Å². The first-order chi connectivity index (χ1) is 7.96. The molecule has 0 heterocycles. The van der Waals surface area contributed by atoms with Crippen LogP contribution in [0.25, 0.3) is 0 Å². The van der Waals surface area contributed by atoms with E-state index in [-0.39, 0.29) is 0 Å². The van der Waals surface area contributed by atoms with Gasteiger partial charge in [-0.2, -0.15) is 0 Å². The van der Waals surface area contributed by atoms with Crippen molar-refractivity contribution in [2.24, 2.45) is 0 Å². The third-order valence-electron chi connectivity index (χ3n) is 3.42. The van der Waals surface area contributed by atoms with Gasteiger partial charge in [-0.05, 0) is 44.7 Å². The fraction of sp³-hybridized carbons (Fsp3) is 0.600. The second kappa shape index (κ2) is 4.79. The first kappa shape index (κ1) is 12.6. The van der Waals surface area contributed by atoms with Gasteiger partial charge in [0.2, 0.25) is 0 Å². The molecule has 94 valence electrons. The molecule has 0 spiro atoms. The Kier molecular flexibility index (Phi) is 3.55. The monoisotopic (exact) mass is 233 g/mol. The highest BCUT2D eigenvalue weighted by Crippen LogP contribution is 2.21. The summed E-state index contributed by atoms with van der Waals surface area (Å²) in [7, 11) is 0. The van der Waals surface area contributed by atoms with E-state index in [1.807, 2.05) is 6.92 Å². The van der Waals surface area contributed by atoms with Crippen LogP contribution in [-0.2, 0) is 6.42 Å². The molecule has 2 rings (SSSR count). The van der Waals surface area contributed by atoms with E-state index in [4.69, 9.17) is 0 Å². The number of hydrogen-bond acceptors (Lipinski definition) is 2. The molecule has 1 fully saturated rings. The van der Waals surface area contributed by atoms with E-state index in [2.05, 4.69) is 37.4 Å². The molecule has 0 radical (unpaired) electrons. The quantitative estimate of drug-likeness (QED) is 0.818. The van der Waals surface area contributed by atoms with Crippen LogP contribution in [0.3, 0.4) is 0 Å². The van der Waals surface area contributed by atoms with Gasteiger partial charge in [0.15, 0.2) is 0 Å². The maximum atomic E-state index is 10.4. The summed E-state index contributed by atoms with van der Waals surface area (Å²) in [4.78, 5) is 0. The molecule has 1 aliphatic rings. The van der Waals surface area contributed by atoms with Crippen LogP contribution in [0.1, 0.15) is 36.5 Å². The van der Waals surface area contributed by atoms with Crippen molar-refractivity contribution in [3.63, 3.8) is 0 Å². The zero-order valence-electron chi connectivity index (χ0n) is 11.1. The normalized spacial score (nSPS) is 19.1. The van der Waals surface area contributed by atoms with E-state index >= 15 is 0 Å². The maximum absolute atomic E-state index is 10.4. The molecule has 0 aromatic heterocycles. The van der Waals surface area contributed by atoms with Crippen molar-refractivity contribution in [3.05, 3.63) is 34.9 Å². The second-order valence-electron chi connectivity index (χ2n) is 5.76. The van der Waals surface area contributed by atoms with Crippen molar-refractivity contribution in [3.8, 4) is 0 Å². The molecule has 1 saturated carbocycles. The Bertz CT molecular complexity index is 394. The van der Waals surface area contributed by atoms with Gasteiger partial charge in [-0.1, -0.05) is 23.8 Å². The minimum absolute atomic E-state index is 0.652. The van der Waals surface area contributed by atoms with Crippen molar-refractivity contribution in [2.75, 3.05) is 6.54 Å². The largest absolute Gasteiger partial charge is 0.389 e. The zero-order valence-corrected chi connectivity index (χ0v) is 11.1. The van der Waals surface area contributed by atoms with Gasteiger partial charge < -0.3 is 10.4 Å². The van der Waals surface area contributed by atoms with Crippen LogP contribution in [0.2, 0.25) is 0 Å². The second-order valence-corrected chi connectivity index (χ2v) is 5.76. The topological polar surface area (TPSA) is 32.3 Å². The van der Waals surface area contributed by atoms with Crippen LogP contribution in [-0.4, -0.2) is 23.3 Å². The summed E-state index contributed by atoms with van der Waals surface area (Å²) in [6, 6.07) is 7.09. The average Bonchev–Trinajstić information content (AvgIpc) is 3.04. The lowest BCUT2D eigenvalue weighted by Gasteiger charge is -2.25. The van der Waals surface area contributed by atoms with E-state index in [0.29, 0.717) is 12.6 Å². The molecule has 17 heavy (non-hydrogen) atoms. The Morgan fingerprint density at radius 2 is 2.06 bits per heavy atom. The molecule has 1 unspecified atom stereocenters. The molecular weight excluding hydrogens is 210 g/mol. The predicted octanol–water partition coefficient (Wildman–Crippen LogP) is 2.35. The number of hydrogen-bond donors (Lipinski definition) is 2. The third-order valence-corrected chi connectivity index (χ3v) is 3.42. The molecule has 0 saturated heterocycles. The number of benzene rings is 1. The SMILES string of the molecule is Cc1ccc(C)c(CC(C)(O)CNC2CC2)c1. The van der Waals surface area contributed by atoms with Crippen molar-refractivity contribution in [2.45, 2.75) is 51.7 Å². The van der Waals surface area contributed by atoms with Crippen LogP contribution < -0.4 is 5.32 Å². The number of nitrogens with one attached hydrogen (secondary N) is 1. The first-order valence-corrected chi connectivity index (χ1v) is 6.48. The van der Waals surface area contributed by atoms with Crippen molar-refractivity contribution < 1.29 is 5.11 Å². The molecule has 1 atom stereocenters. The lowest BCUT2D eigenvalue weighted by Crippen LogP contribution is -2.40. The number of rotatable bonds is 5. The highest BCUT2D eigenvalue weighted by Gasteiger charge is 2.27. The summed E-state index contributed by atoms with van der Waals surface area (Å²) >= 11 is 0. The van der Waals surface area contributed by atoms with Gasteiger partial charge in [0.25, 0.3) is 0 Å². The fourth-order valence-corrected chi connectivity index (χ4v) is 2.12. The van der Waals surface area contributed by atoms with E-state index in [9.17, 15) is 5.11 Å². The van der Waals surface area contributed by atoms with Crippen molar-refractivity contribution in [1.82, 2.24) is 5.32 Å². The predicted molar refractivity (Wildman–Crippen MR) is 71.3 cm³/mol. The summed E-state index contributed by atoms with van der Waals surface area (Å²) in [5.74, 6) is 0. The van der Waals surface area contributed by atoms with E-state index in [1.54, 1.807) is 0 Å². The smallest absolute Gasteiger partial charge is 0.0783 e. The van der Waals surface area contributed by atoms with Gasteiger partial charge in [0.05, 0.1) is 5.60 Å². The van der Waals surface area contributed by atoms with Crippen LogP contribution in [0.4, 0.5) is 0 Å². The van der Waals surface area contributed by atoms with Gasteiger partial charge in [-0.25, -0.2) is 0 Å². The van der Waals surface area contributed by atoms with Crippen molar-refractivity contribution >= 4 is 0 Å². The Balaban J connectivity index is 1.99. The van der Waals surface area contributed by atoms with E-state index < -0.39 is 5.60 Å². The summed E-state index contributed by atoms with van der Waals surface area (Å²) in [5, 5.41) is 13.8. The summed E-state index contributed by atoms with van der Waals surface area (Å²) in [6.45, 7) is 6.81. The standard InChI is InChI=1S/C15H23NO/c1-11-4-5-12(2)13(8-11)9-15(3,17)10-16-14-6-7-14/h4-5,8,14,16-17H,6-7,9-10H2,1-3H3. The molecule has 0 aliphatic heterocycles. The Morgan fingerprint density at radius 3 is 2.71 bits per heavy atom. The molecule has 1 aliphatic carbocycles. The van der Waals surface area contributed by atoms with Crippen LogP contribution in [0, 0.1) is 13.8 Å². The number of aryl methyl sites for hydroxylation is 2. The lowest BCUT2D eigenvalue weighted by atomic mass is 9.92. The van der Waals surface area contributed by atoms with Crippen molar-refractivity contribution in [1.29, 1.82) is 0 Å². The van der Waals surface area contributed by atoms with E-state index in [0.717, 1.165) is 6.42 Å². The Morgan fingerprint density at radius 1 is 1.35 bits per heavy atom. The first-order valence-electron chi connectivity index (χ1n) is 6.48. The summed E-state index contributed by atoms with van der Waals surface area (Å²) in [6.07, 6.45) is 3.25. The van der Waals surface area contributed by atoms with Crippen LogP contribution >= 0.6 is 0 Å². The number of aliphatic hydroxyl groups is 1. The third kappa shape index (κ3) is 3.83. The Labute approximate surface area is 104 Å². The molecule has 1 aromatic rings. The molecule has 2 nitrogen and oxygen atoms in total. The molecule has 0 amide bonds. The molecule has 2 N–H and O–H groups in total. The highest BCUT2D eigenvalue weighted by atomic mass is 16.3. The maximum Gasteiger partial charge on any atom is 0.0783 e. The molecule has 0 bridgehead atoms. The Hall–Kier alpha value is -0.860. The molecule has 2 heteroatoms. The zero-order chi connectivity index (χ0) is 12.5. The molecule has 1 aromatic carbocycles. The summed E-state index contributed by atoms with van der Waals surface area (Å²) < 4.78 is 0. The highest BCUT2D eigenvalue weighted by molar-refractivity contribution is 5.31. The van der Waals surface area contributed by atoms with Crippen LogP contribution in [0.15, 0.2) is 18.2 Å². The summed E-state index contributed by atoms with van der Waals surface area (Å²) in [5.41, 5.74) is 3.13. The van der Waals surface area contributed by atoms with E-state index in [1.165, 1.54) is 29.5 Å². The fourth-order valence-electron chi connectivity index (χ4n) is 2.12. The minimum atomic E-state index is -0.652. The lowest BCUT2D eigenvalue weighted by molar-refractivity contribution is 0.0596. The van der Waals surface area contributed by atoms with Gasteiger partial charge in [-0.15, -0.1) is 0 Å². The molecular formula is C15H23NO. The van der Waals surface area contributed by atoms with Gasteiger partial charge >= 0.3 is 0 Å². The van der Waals surface area contributed by atoms with Gasteiger partial charge in [-0.3, -0.25) is 0 Å².